The molecule has 2 aromatic carbocycles. The van der Waals surface area contributed by atoms with Gasteiger partial charge in [-0.3, -0.25) is 4.79 Å². The van der Waals surface area contributed by atoms with Gasteiger partial charge in [0.1, 0.15) is 0 Å². The number of amides is 1. The van der Waals surface area contributed by atoms with Crippen LogP contribution >= 0.6 is 23.2 Å². The molecule has 1 heterocycles. The van der Waals surface area contributed by atoms with Crippen molar-refractivity contribution in [2.75, 3.05) is 6.61 Å². The van der Waals surface area contributed by atoms with E-state index in [2.05, 4.69) is 5.32 Å². The molecule has 0 spiro atoms. The number of halogens is 2. The summed E-state index contributed by atoms with van der Waals surface area (Å²) in [5.41, 5.74) is 2.80. The molecule has 27 heavy (non-hydrogen) atoms. The Hall–Kier alpha value is -2.30. The number of benzene rings is 2. The van der Waals surface area contributed by atoms with Gasteiger partial charge in [-0.15, -0.1) is 0 Å². The third-order valence-corrected chi connectivity index (χ3v) is 5.24. The van der Waals surface area contributed by atoms with Crippen molar-refractivity contribution in [3.63, 3.8) is 0 Å². The molecule has 0 radical (unpaired) electrons. The van der Waals surface area contributed by atoms with Crippen molar-refractivity contribution < 1.29 is 14.3 Å². The van der Waals surface area contributed by atoms with E-state index >= 15 is 0 Å². The molecule has 4 nitrogen and oxygen atoms in total. The zero-order valence-electron chi connectivity index (χ0n) is 14.8. The molecule has 3 rings (SSSR count). The molecular weight excluding hydrogens is 385 g/mol. The SMILES string of the molecule is CC1=C(C(=O)OCCc2ccccc2)[C@@H](c2ccc(Cl)c(Cl)c2)CC(=O)N1. The Morgan fingerprint density at radius 1 is 1.15 bits per heavy atom. The van der Waals surface area contributed by atoms with E-state index in [4.69, 9.17) is 27.9 Å². The quantitative estimate of drug-likeness (QED) is 0.738. The maximum Gasteiger partial charge on any atom is 0.336 e. The van der Waals surface area contributed by atoms with E-state index in [9.17, 15) is 9.59 Å². The van der Waals surface area contributed by atoms with Crippen LogP contribution in [-0.2, 0) is 20.7 Å². The number of hydrogen-bond donors (Lipinski definition) is 1. The zero-order valence-corrected chi connectivity index (χ0v) is 16.3. The fraction of sp³-hybridized carbons (Fsp3) is 0.238. The van der Waals surface area contributed by atoms with Gasteiger partial charge in [0.2, 0.25) is 5.91 Å². The maximum atomic E-state index is 12.8. The molecule has 0 saturated carbocycles. The summed E-state index contributed by atoms with van der Waals surface area (Å²) in [5.74, 6) is -0.998. The first kappa shape index (κ1) is 19.5. The van der Waals surface area contributed by atoms with Gasteiger partial charge < -0.3 is 10.1 Å². The third kappa shape index (κ3) is 4.71. The molecule has 0 unspecified atom stereocenters. The van der Waals surface area contributed by atoms with Crippen LogP contribution in [0.3, 0.4) is 0 Å². The van der Waals surface area contributed by atoms with Crippen LogP contribution < -0.4 is 5.32 Å². The molecule has 1 atom stereocenters. The molecule has 140 valence electrons. The summed E-state index contributed by atoms with van der Waals surface area (Å²) in [4.78, 5) is 24.8. The van der Waals surface area contributed by atoms with Crippen LogP contribution in [0.15, 0.2) is 59.8 Å². The highest BCUT2D eigenvalue weighted by atomic mass is 35.5. The fourth-order valence-electron chi connectivity index (χ4n) is 3.17. The van der Waals surface area contributed by atoms with Gasteiger partial charge in [-0.1, -0.05) is 59.6 Å². The zero-order chi connectivity index (χ0) is 19.4. The van der Waals surface area contributed by atoms with Crippen LogP contribution in [0, 0.1) is 0 Å². The van der Waals surface area contributed by atoms with Gasteiger partial charge in [-0.25, -0.2) is 4.79 Å². The molecule has 1 aliphatic heterocycles. The molecule has 1 N–H and O–H groups in total. The minimum atomic E-state index is -0.431. The Labute approximate surface area is 168 Å². The molecule has 2 aromatic rings. The number of allylic oxidation sites excluding steroid dienone is 1. The average Bonchev–Trinajstić information content (AvgIpc) is 2.64. The Bertz CT molecular complexity index is 894. The first-order valence-electron chi connectivity index (χ1n) is 8.62. The van der Waals surface area contributed by atoms with E-state index in [1.807, 2.05) is 30.3 Å². The van der Waals surface area contributed by atoms with Crippen molar-refractivity contribution >= 4 is 35.1 Å². The van der Waals surface area contributed by atoms with Gasteiger partial charge in [-0.05, 0) is 30.2 Å². The van der Waals surface area contributed by atoms with E-state index in [1.165, 1.54) is 0 Å². The van der Waals surface area contributed by atoms with E-state index < -0.39 is 11.9 Å². The van der Waals surface area contributed by atoms with E-state index in [-0.39, 0.29) is 18.9 Å². The first-order valence-corrected chi connectivity index (χ1v) is 9.38. The summed E-state index contributed by atoms with van der Waals surface area (Å²) < 4.78 is 5.49. The lowest BCUT2D eigenvalue weighted by Crippen LogP contribution is -2.34. The molecule has 0 bridgehead atoms. The highest BCUT2D eigenvalue weighted by molar-refractivity contribution is 6.42. The van der Waals surface area contributed by atoms with Gasteiger partial charge in [0.25, 0.3) is 0 Å². The number of nitrogens with one attached hydrogen (secondary N) is 1. The van der Waals surface area contributed by atoms with Crippen molar-refractivity contribution in [2.24, 2.45) is 0 Å². The number of carbonyl (C=O) groups is 2. The molecule has 0 fully saturated rings. The molecular formula is C21H19Cl2NO3. The molecule has 0 aromatic heterocycles. The van der Waals surface area contributed by atoms with E-state index in [1.54, 1.807) is 25.1 Å². The monoisotopic (exact) mass is 403 g/mol. The lowest BCUT2D eigenvalue weighted by molar-refractivity contribution is -0.139. The summed E-state index contributed by atoms with van der Waals surface area (Å²) in [5, 5.41) is 3.53. The van der Waals surface area contributed by atoms with Crippen LogP contribution in [0.2, 0.25) is 10.0 Å². The summed E-state index contributed by atoms with van der Waals surface area (Å²) in [6, 6.07) is 14.9. The highest BCUT2D eigenvalue weighted by Crippen LogP contribution is 2.36. The lowest BCUT2D eigenvalue weighted by Gasteiger charge is -2.26. The lowest BCUT2D eigenvalue weighted by atomic mass is 9.84. The molecule has 1 amide bonds. The second-order valence-corrected chi connectivity index (χ2v) is 7.20. The smallest absolute Gasteiger partial charge is 0.336 e. The van der Waals surface area contributed by atoms with Crippen molar-refractivity contribution in [3.8, 4) is 0 Å². The van der Waals surface area contributed by atoms with Crippen LogP contribution in [0.4, 0.5) is 0 Å². The Morgan fingerprint density at radius 2 is 1.89 bits per heavy atom. The topological polar surface area (TPSA) is 55.4 Å². The minimum Gasteiger partial charge on any atom is -0.462 e. The summed E-state index contributed by atoms with van der Waals surface area (Å²) in [6.45, 7) is 1.97. The van der Waals surface area contributed by atoms with Crippen molar-refractivity contribution in [1.82, 2.24) is 5.32 Å². The number of rotatable bonds is 5. The predicted molar refractivity (Wildman–Crippen MR) is 106 cm³/mol. The summed E-state index contributed by atoms with van der Waals surface area (Å²) in [7, 11) is 0. The second kappa shape index (κ2) is 8.59. The summed E-state index contributed by atoms with van der Waals surface area (Å²) >= 11 is 12.1. The van der Waals surface area contributed by atoms with Crippen molar-refractivity contribution in [1.29, 1.82) is 0 Å². The number of carbonyl (C=O) groups excluding carboxylic acids is 2. The van der Waals surface area contributed by atoms with E-state index in [0.717, 1.165) is 11.1 Å². The normalized spacial score (nSPS) is 16.9. The van der Waals surface area contributed by atoms with Gasteiger partial charge in [0.05, 0.1) is 22.2 Å². The van der Waals surface area contributed by atoms with Gasteiger partial charge >= 0.3 is 5.97 Å². The van der Waals surface area contributed by atoms with Gasteiger partial charge in [0.15, 0.2) is 0 Å². The predicted octanol–water partition coefficient (Wildman–Crippen LogP) is 4.66. The maximum absolute atomic E-state index is 12.8. The van der Waals surface area contributed by atoms with Crippen LogP contribution in [0.1, 0.15) is 30.4 Å². The molecule has 6 heteroatoms. The standard InChI is InChI=1S/C21H19Cl2NO3/c1-13-20(21(26)27-10-9-14-5-3-2-4-6-14)16(12-19(25)24-13)15-7-8-17(22)18(23)11-15/h2-8,11,16H,9-10,12H2,1H3,(H,24,25)/t16-/m1/s1. The number of hydrogen-bond acceptors (Lipinski definition) is 3. The summed E-state index contributed by atoms with van der Waals surface area (Å²) in [6.07, 6.45) is 0.779. The largest absolute Gasteiger partial charge is 0.462 e. The van der Waals surface area contributed by atoms with E-state index in [0.29, 0.717) is 27.7 Å². The molecule has 0 aliphatic carbocycles. The third-order valence-electron chi connectivity index (χ3n) is 4.50. The Kier molecular flexibility index (Phi) is 6.19. The van der Waals surface area contributed by atoms with Crippen LogP contribution in [-0.4, -0.2) is 18.5 Å². The number of ether oxygens (including phenoxy) is 1. The van der Waals surface area contributed by atoms with Gasteiger partial charge in [0, 0.05) is 24.5 Å². The van der Waals surface area contributed by atoms with Gasteiger partial charge in [-0.2, -0.15) is 0 Å². The number of esters is 1. The average molecular weight is 404 g/mol. The highest BCUT2D eigenvalue weighted by Gasteiger charge is 2.33. The van der Waals surface area contributed by atoms with Crippen molar-refractivity contribution in [2.45, 2.75) is 25.7 Å². The van der Waals surface area contributed by atoms with Crippen LogP contribution in [0.25, 0.3) is 0 Å². The van der Waals surface area contributed by atoms with Crippen LogP contribution in [0.5, 0.6) is 0 Å². The second-order valence-electron chi connectivity index (χ2n) is 6.39. The first-order chi connectivity index (χ1) is 13.0. The molecule has 0 saturated heterocycles. The Balaban J connectivity index is 1.78. The molecule has 1 aliphatic rings. The minimum absolute atomic E-state index is 0.149. The Morgan fingerprint density at radius 3 is 2.59 bits per heavy atom. The van der Waals surface area contributed by atoms with Crippen molar-refractivity contribution in [3.05, 3.63) is 81.0 Å². The fourth-order valence-corrected chi connectivity index (χ4v) is 3.48.